The van der Waals surface area contributed by atoms with Crippen LogP contribution in [0.1, 0.15) is 0 Å². The number of nitro benzene ring substituents is 1. The quantitative estimate of drug-likeness (QED) is 0.467. The Bertz CT molecular complexity index is 477. The number of anilines is 1. The number of amides is 1. The topological polar surface area (TPSA) is 72.7 Å². The zero-order chi connectivity index (χ0) is 12.4. The van der Waals surface area contributed by atoms with Crippen LogP contribution in [0.4, 0.5) is 11.4 Å². The number of fused-ring (bicyclic) bond motifs is 1. The maximum Gasteiger partial charge on any atom is 0.271 e. The van der Waals surface area contributed by atoms with Crippen LogP contribution < -0.4 is 9.64 Å². The van der Waals surface area contributed by atoms with E-state index in [0.29, 0.717) is 18.0 Å². The lowest BCUT2D eigenvalue weighted by atomic mass is 10.2. The van der Waals surface area contributed by atoms with E-state index < -0.39 is 4.92 Å². The molecule has 0 spiro atoms. The van der Waals surface area contributed by atoms with Gasteiger partial charge in [0.15, 0.2) is 6.61 Å². The molecule has 6 nitrogen and oxygen atoms in total. The summed E-state index contributed by atoms with van der Waals surface area (Å²) in [5.41, 5.74) is 0.317. The average molecular weight is 257 g/mol. The molecule has 0 saturated heterocycles. The van der Waals surface area contributed by atoms with E-state index in [1.54, 1.807) is 0 Å². The molecule has 0 aliphatic carbocycles. The fraction of sp³-hybridized carbons (Fsp3) is 0.300. The van der Waals surface area contributed by atoms with Crippen molar-refractivity contribution in [3.8, 4) is 5.75 Å². The van der Waals surface area contributed by atoms with Gasteiger partial charge in [-0.05, 0) is 6.07 Å². The van der Waals surface area contributed by atoms with Crippen LogP contribution in [0.25, 0.3) is 0 Å². The van der Waals surface area contributed by atoms with Gasteiger partial charge in [-0.2, -0.15) is 0 Å². The maximum atomic E-state index is 11.6. The number of rotatable bonds is 3. The van der Waals surface area contributed by atoms with Crippen molar-refractivity contribution in [1.29, 1.82) is 0 Å². The molecular formula is C10H9ClN2O4. The molecule has 0 unspecified atom stereocenters. The van der Waals surface area contributed by atoms with Gasteiger partial charge in [-0.3, -0.25) is 14.9 Å². The van der Waals surface area contributed by atoms with Gasteiger partial charge in [-0.15, -0.1) is 11.6 Å². The molecule has 1 aliphatic rings. The summed E-state index contributed by atoms with van der Waals surface area (Å²) < 4.78 is 5.19. The second kappa shape index (κ2) is 4.58. The first kappa shape index (κ1) is 11.7. The van der Waals surface area contributed by atoms with Gasteiger partial charge in [-0.1, -0.05) is 0 Å². The van der Waals surface area contributed by atoms with Crippen LogP contribution >= 0.6 is 11.6 Å². The third-order valence-corrected chi connectivity index (χ3v) is 2.57. The van der Waals surface area contributed by atoms with Crippen molar-refractivity contribution < 1.29 is 14.5 Å². The molecule has 1 aromatic rings. The number of carbonyl (C=O) groups is 1. The highest BCUT2D eigenvalue weighted by molar-refractivity contribution is 6.18. The Kier molecular flexibility index (Phi) is 3.14. The van der Waals surface area contributed by atoms with E-state index in [9.17, 15) is 14.9 Å². The molecule has 0 atom stereocenters. The average Bonchev–Trinajstić information content (AvgIpc) is 2.32. The summed E-state index contributed by atoms with van der Waals surface area (Å²) in [5.74, 6) is 0.465. The molecule has 7 heteroatoms. The van der Waals surface area contributed by atoms with Gasteiger partial charge in [0.1, 0.15) is 5.75 Å². The third kappa shape index (κ3) is 2.16. The van der Waals surface area contributed by atoms with Crippen LogP contribution in [0, 0.1) is 10.1 Å². The van der Waals surface area contributed by atoms with Crippen LogP contribution in [-0.2, 0) is 4.79 Å². The molecule has 0 bridgehead atoms. The Balaban J connectivity index is 2.44. The fourth-order valence-corrected chi connectivity index (χ4v) is 1.80. The van der Waals surface area contributed by atoms with Crippen LogP contribution in [0.3, 0.4) is 0 Å². The number of halogens is 1. The predicted molar refractivity (Wildman–Crippen MR) is 61.7 cm³/mol. The standard InChI is InChI=1S/C10H9ClN2O4/c11-3-4-12-8-5-7(13(15)16)1-2-9(8)17-6-10(12)14/h1-2,5H,3-4,6H2. The number of carbonyl (C=O) groups excluding carboxylic acids is 1. The minimum Gasteiger partial charge on any atom is -0.482 e. The molecule has 0 N–H and O–H groups in total. The van der Waals surface area contributed by atoms with Crippen molar-refractivity contribution in [3.63, 3.8) is 0 Å². The molecule has 2 rings (SSSR count). The smallest absolute Gasteiger partial charge is 0.271 e. The Labute approximate surface area is 102 Å². The zero-order valence-corrected chi connectivity index (χ0v) is 9.51. The van der Waals surface area contributed by atoms with E-state index in [1.165, 1.54) is 23.1 Å². The van der Waals surface area contributed by atoms with E-state index >= 15 is 0 Å². The monoisotopic (exact) mass is 256 g/mol. The number of non-ortho nitro benzene ring substituents is 1. The number of benzene rings is 1. The SMILES string of the molecule is O=C1COc2ccc([N+](=O)[O-])cc2N1CCCl. The number of alkyl halides is 1. The minimum atomic E-state index is -0.516. The number of ether oxygens (including phenoxy) is 1. The molecule has 0 fully saturated rings. The molecule has 0 radical (unpaired) electrons. The van der Waals surface area contributed by atoms with Crippen molar-refractivity contribution >= 4 is 28.9 Å². The van der Waals surface area contributed by atoms with Gasteiger partial charge in [0.05, 0.1) is 10.6 Å². The summed E-state index contributed by atoms with van der Waals surface area (Å²) in [6.07, 6.45) is 0. The van der Waals surface area contributed by atoms with Gasteiger partial charge in [0.2, 0.25) is 0 Å². The number of hydrogen-bond donors (Lipinski definition) is 0. The largest absolute Gasteiger partial charge is 0.482 e. The van der Waals surface area contributed by atoms with Crippen LogP contribution in [0.2, 0.25) is 0 Å². The minimum absolute atomic E-state index is 0.0678. The molecule has 17 heavy (non-hydrogen) atoms. The van der Waals surface area contributed by atoms with E-state index in [2.05, 4.69) is 0 Å². The van der Waals surface area contributed by atoms with E-state index in [0.717, 1.165) is 0 Å². The Hall–Kier alpha value is -1.82. The van der Waals surface area contributed by atoms with Crippen molar-refractivity contribution in [2.24, 2.45) is 0 Å². The lowest BCUT2D eigenvalue weighted by Crippen LogP contribution is -2.39. The molecule has 1 aromatic carbocycles. The fourth-order valence-electron chi connectivity index (χ4n) is 1.63. The predicted octanol–water partition coefficient (Wildman–Crippen LogP) is 1.56. The van der Waals surface area contributed by atoms with Crippen LogP contribution in [-0.4, -0.2) is 29.9 Å². The lowest BCUT2D eigenvalue weighted by Gasteiger charge is -2.28. The van der Waals surface area contributed by atoms with Crippen molar-refractivity contribution in [1.82, 2.24) is 0 Å². The Morgan fingerprint density at radius 2 is 2.29 bits per heavy atom. The molecule has 1 amide bonds. The maximum absolute atomic E-state index is 11.6. The molecule has 90 valence electrons. The summed E-state index contributed by atoms with van der Waals surface area (Å²) >= 11 is 5.60. The summed E-state index contributed by atoms with van der Waals surface area (Å²) in [4.78, 5) is 23.2. The first-order chi connectivity index (χ1) is 8.13. The molecule has 1 heterocycles. The number of nitro groups is 1. The van der Waals surface area contributed by atoms with Crippen molar-refractivity contribution in [2.75, 3.05) is 23.9 Å². The van der Waals surface area contributed by atoms with Crippen LogP contribution in [0.15, 0.2) is 18.2 Å². The molecule has 0 saturated carbocycles. The van der Waals surface area contributed by atoms with Gasteiger partial charge in [0.25, 0.3) is 11.6 Å². The second-order valence-electron chi connectivity index (χ2n) is 3.43. The third-order valence-electron chi connectivity index (χ3n) is 2.40. The highest BCUT2D eigenvalue weighted by Gasteiger charge is 2.26. The van der Waals surface area contributed by atoms with E-state index in [-0.39, 0.29) is 24.1 Å². The van der Waals surface area contributed by atoms with Crippen molar-refractivity contribution in [2.45, 2.75) is 0 Å². The van der Waals surface area contributed by atoms with Crippen LogP contribution in [0.5, 0.6) is 5.75 Å². The number of nitrogens with zero attached hydrogens (tertiary/aromatic N) is 2. The normalized spacial score (nSPS) is 14.2. The molecule has 0 aromatic heterocycles. The first-order valence-electron chi connectivity index (χ1n) is 4.91. The lowest BCUT2D eigenvalue weighted by molar-refractivity contribution is -0.384. The summed E-state index contributed by atoms with van der Waals surface area (Å²) in [7, 11) is 0. The van der Waals surface area contributed by atoms with E-state index in [4.69, 9.17) is 16.3 Å². The molecule has 1 aliphatic heterocycles. The summed E-state index contributed by atoms with van der Waals surface area (Å²) in [5, 5.41) is 10.7. The summed E-state index contributed by atoms with van der Waals surface area (Å²) in [6.45, 7) is 0.236. The Morgan fingerprint density at radius 3 is 2.94 bits per heavy atom. The zero-order valence-electron chi connectivity index (χ0n) is 8.76. The van der Waals surface area contributed by atoms with Gasteiger partial charge in [-0.25, -0.2) is 0 Å². The second-order valence-corrected chi connectivity index (χ2v) is 3.81. The first-order valence-corrected chi connectivity index (χ1v) is 5.44. The highest BCUT2D eigenvalue weighted by atomic mass is 35.5. The van der Waals surface area contributed by atoms with Gasteiger partial charge in [0, 0.05) is 24.6 Å². The summed E-state index contributed by atoms with van der Waals surface area (Å²) in [6, 6.07) is 4.15. The Morgan fingerprint density at radius 1 is 1.53 bits per heavy atom. The van der Waals surface area contributed by atoms with Gasteiger partial charge < -0.3 is 9.64 Å². The van der Waals surface area contributed by atoms with E-state index in [1.807, 2.05) is 0 Å². The molecular weight excluding hydrogens is 248 g/mol. The van der Waals surface area contributed by atoms with Crippen molar-refractivity contribution in [3.05, 3.63) is 28.3 Å². The van der Waals surface area contributed by atoms with Gasteiger partial charge >= 0.3 is 0 Å². The highest BCUT2D eigenvalue weighted by Crippen LogP contribution is 2.35. The number of hydrogen-bond acceptors (Lipinski definition) is 4.